The molecule has 0 atom stereocenters. The molecule has 0 spiro atoms. The Morgan fingerprint density at radius 3 is 2.52 bits per heavy atom. The summed E-state index contributed by atoms with van der Waals surface area (Å²) in [4.78, 5) is 32.2. The number of carbonyl (C=O) groups is 2. The summed E-state index contributed by atoms with van der Waals surface area (Å²) in [6.07, 6.45) is 4.05. The van der Waals surface area contributed by atoms with E-state index in [2.05, 4.69) is 23.8 Å². The standard InChI is InChI=1S/C26H39N5O2/c1-20(2)17-29-13-8-14-31(22(4)32)25-10-7-6-9-24(25)19-30(16-15-29)26(33)12-11-23-18-28(5)27-21(23)3/h6-7,9-10,18,20H,8,11-17,19H2,1-5H3. The second-order valence-electron chi connectivity index (χ2n) is 9.58. The molecule has 2 amide bonds. The second kappa shape index (κ2) is 11.5. The summed E-state index contributed by atoms with van der Waals surface area (Å²) in [5.74, 6) is 0.738. The molecule has 0 unspecified atom stereocenters. The molecule has 7 heteroatoms. The van der Waals surface area contributed by atoms with Gasteiger partial charge < -0.3 is 14.7 Å². The molecule has 1 aliphatic rings. The van der Waals surface area contributed by atoms with Crippen LogP contribution in [0, 0.1) is 12.8 Å². The van der Waals surface area contributed by atoms with Crippen LogP contribution in [0.5, 0.6) is 0 Å². The van der Waals surface area contributed by atoms with Crippen LogP contribution >= 0.6 is 0 Å². The molecule has 1 aromatic heterocycles. The Morgan fingerprint density at radius 2 is 1.85 bits per heavy atom. The van der Waals surface area contributed by atoms with E-state index in [9.17, 15) is 9.59 Å². The minimum atomic E-state index is 0.0436. The van der Waals surface area contributed by atoms with Crippen LogP contribution in [0.4, 0.5) is 5.69 Å². The molecule has 0 bridgehead atoms. The lowest BCUT2D eigenvalue weighted by atomic mass is 10.1. The molecule has 0 saturated heterocycles. The topological polar surface area (TPSA) is 61.7 Å². The van der Waals surface area contributed by atoms with E-state index in [1.54, 1.807) is 11.6 Å². The zero-order chi connectivity index (χ0) is 24.0. The van der Waals surface area contributed by atoms with Crippen molar-refractivity contribution >= 4 is 17.5 Å². The van der Waals surface area contributed by atoms with Gasteiger partial charge in [-0.2, -0.15) is 5.10 Å². The van der Waals surface area contributed by atoms with Gasteiger partial charge in [-0.3, -0.25) is 14.3 Å². The molecule has 0 N–H and O–H groups in total. The minimum Gasteiger partial charge on any atom is -0.337 e. The SMILES string of the molecule is CC(=O)N1CCCN(CC(C)C)CCN(C(=O)CCc2cn(C)nc2C)Cc2ccccc21. The molecule has 3 rings (SSSR count). The average molecular weight is 454 g/mol. The van der Waals surface area contributed by atoms with Gasteiger partial charge >= 0.3 is 0 Å². The second-order valence-corrected chi connectivity index (χ2v) is 9.58. The van der Waals surface area contributed by atoms with E-state index in [-0.39, 0.29) is 11.8 Å². The Balaban J connectivity index is 1.84. The van der Waals surface area contributed by atoms with E-state index in [4.69, 9.17) is 0 Å². The van der Waals surface area contributed by atoms with Gasteiger partial charge in [0, 0.05) is 65.0 Å². The van der Waals surface area contributed by atoms with Gasteiger partial charge in [-0.25, -0.2) is 0 Å². The Labute approximate surface area is 198 Å². The van der Waals surface area contributed by atoms with E-state index in [0.29, 0.717) is 38.4 Å². The number of rotatable bonds is 5. The van der Waals surface area contributed by atoms with Crippen molar-refractivity contribution in [3.63, 3.8) is 0 Å². The summed E-state index contributed by atoms with van der Waals surface area (Å²) in [7, 11) is 1.91. The molecule has 33 heavy (non-hydrogen) atoms. The average Bonchev–Trinajstić information content (AvgIpc) is 3.06. The molecule has 2 heterocycles. The van der Waals surface area contributed by atoms with Crippen LogP contribution in [-0.4, -0.2) is 64.1 Å². The zero-order valence-corrected chi connectivity index (χ0v) is 20.9. The van der Waals surface area contributed by atoms with Crippen LogP contribution in [0.2, 0.25) is 0 Å². The van der Waals surface area contributed by atoms with Crippen LogP contribution in [0.25, 0.3) is 0 Å². The van der Waals surface area contributed by atoms with Crippen molar-refractivity contribution in [3.05, 3.63) is 47.3 Å². The molecule has 1 aromatic carbocycles. The Bertz CT molecular complexity index is 952. The number of carbonyl (C=O) groups excluding carboxylic acids is 2. The number of para-hydroxylation sites is 1. The van der Waals surface area contributed by atoms with Gasteiger partial charge in [0.05, 0.1) is 5.69 Å². The first-order valence-corrected chi connectivity index (χ1v) is 12.1. The van der Waals surface area contributed by atoms with Crippen molar-refractivity contribution in [2.24, 2.45) is 13.0 Å². The van der Waals surface area contributed by atoms with Crippen molar-refractivity contribution in [2.45, 2.75) is 53.5 Å². The van der Waals surface area contributed by atoms with E-state index in [0.717, 1.165) is 48.6 Å². The molecule has 0 fully saturated rings. The van der Waals surface area contributed by atoms with Gasteiger partial charge in [-0.1, -0.05) is 32.0 Å². The zero-order valence-electron chi connectivity index (χ0n) is 20.9. The normalized spacial score (nSPS) is 15.9. The summed E-state index contributed by atoms with van der Waals surface area (Å²) in [6.45, 7) is 12.7. The molecular formula is C26H39N5O2. The smallest absolute Gasteiger partial charge is 0.223 e. The lowest BCUT2D eigenvalue weighted by molar-refractivity contribution is -0.132. The predicted octanol–water partition coefficient (Wildman–Crippen LogP) is 3.40. The fraction of sp³-hybridized carbons (Fsp3) is 0.577. The number of aryl methyl sites for hydroxylation is 3. The maximum Gasteiger partial charge on any atom is 0.223 e. The van der Waals surface area contributed by atoms with Crippen LogP contribution in [-0.2, 0) is 29.6 Å². The molecule has 0 radical (unpaired) electrons. The van der Waals surface area contributed by atoms with E-state index in [1.165, 1.54) is 0 Å². The highest BCUT2D eigenvalue weighted by Gasteiger charge is 2.22. The lowest BCUT2D eigenvalue weighted by Crippen LogP contribution is -2.40. The molecule has 1 aliphatic heterocycles. The van der Waals surface area contributed by atoms with Crippen LogP contribution in [0.1, 0.15) is 50.4 Å². The van der Waals surface area contributed by atoms with Gasteiger partial charge in [-0.15, -0.1) is 0 Å². The van der Waals surface area contributed by atoms with Gasteiger partial charge in [0.1, 0.15) is 0 Å². The molecule has 180 valence electrons. The summed E-state index contributed by atoms with van der Waals surface area (Å²) in [6, 6.07) is 8.00. The number of hydrogen-bond acceptors (Lipinski definition) is 4. The molecular weight excluding hydrogens is 414 g/mol. The maximum absolute atomic E-state index is 13.4. The van der Waals surface area contributed by atoms with E-state index >= 15 is 0 Å². The Hall–Kier alpha value is -2.67. The number of amides is 2. The molecule has 0 saturated carbocycles. The van der Waals surface area contributed by atoms with Gasteiger partial charge in [0.2, 0.25) is 11.8 Å². The van der Waals surface area contributed by atoms with Crippen molar-refractivity contribution < 1.29 is 9.59 Å². The van der Waals surface area contributed by atoms with Crippen molar-refractivity contribution in [1.29, 1.82) is 0 Å². The van der Waals surface area contributed by atoms with Crippen molar-refractivity contribution in [2.75, 3.05) is 37.6 Å². The lowest BCUT2D eigenvalue weighted by Gasteiger charge is -2.29. The molecule has 7 nitrogen and oxygen atoms in total. The highest BCUT2D eigenvalue weighted by Crippen LogP contribution is 2.24. The first-order chi connectivity index (χ1) is 15.7. The number of benzene rings is 1. The first kappa shape index (κ1) is 25.0. The number of fused-ring (bicyclic) bond motifs is 1. The minimum absolute atomic E-state index is 0.0436. The number of hydrogen-bond donors (Lipinski definition) is 0. The number of nitrogens with zero attached hydrogens (tertiary/aromatic N) is 5. The summed E-state index contributed by atoms with van der Waals surface area (Å²) < 4.78 is 1.80. The summed E-state index contributed by atoms with van der Waals surface area (Å²) in [5.41, 5.74) is 4.04. The van der Waals surface area contributed by atoms with Crippen LogP contribution in [0.3, 0.4) is 0 Å². The van der Waals surface area contributed by atoms with Crippen LogP contribution in [0.15, 0.2) is 30.5 Å². The van der Waals surface area contributed by atoms with E-state index in [1.807, 2.05) is 54.2 Å². The predicted molar refractivity (Wildman–Crippen MR) is 132 cm³/mol. The van der Waals surface area contributed by atoms with Crippen LogP contribution < -0.4 is 4.90 Å². The summed E-state index contributed by atoms with van der Waals surface area (Å²) in [5, 5.41) is 4.40. The van der Waals surface area contributed by atoms with Gasteiger partial charge in [-0.05, 0) is 49.4 Å². The van der Waals surface area contributed by atoms with Gasteiger partial charge in [0.15, 0.2) is 0 Å². The Morgan fingerprint density at radius 1 is 1.09 bits per heavy atom. The monoisotopic (exact) mass is 453 g/mol. The third kappa shape index (κ3) is 6.90. The molecule has 0 aliphatic carbocycles. The first-order valence-electron chi connectivity index (χ1n) is 12.1. The summed E-state index contributed by atoms with van der Waals surface area (Å²) >= 11 is 0. The third-order valence-corrected chi connectivity index (χ3v) is 6.27. The van der Waals surface area contributed by atoms with Gasteiger partial charge in [0.25, 0.3) is 0 Å². The third-order valence-electron chi connectivity index (χ3n) is 6.27. The van der Waals surface area contributed by atoms with Crippen molar-refractivity contribution in [1.82, 2.24) is 19.6 Å². The number of anilines is 1. The van der Waals surface area contributed by atoms with Crippen molar-refractivity contribution in [3.8, 4) is 0 Å². The fourth-order valence-electron chi connectivity index (χ4n) is 4.67. The quantitative estimate of drug-likeness (QED) is 0.696. The fourth-order valence-corrected chi connectivity index (χ4v) is 4.67. The Kier molecular flexibility index (Phi) is 8.67. The largest absolute Gasteiger partial charge is 0.337 e. The van der Waals surface area contributed by atoms with E-state index < -0.39 is 0 Å². The molecule has 2 aromatic rings. The maximum atomic E-state index is 13.4. The highest BCUT2D eigenvalue weighted by atomic mass is 16.2. The number of aromatic nitrogens is 2. The highest BCUT2D eigenvalue weighted by molar-refractivity contribution is 5.92.